The van der Waals surface area contributed by atoms with Crippen molar-refractivity contribution in [3.05, 3.63) is 110 Å². The topological polar surface area (TPSA) is 56.2 Å². The van der Waals surface area contributed by atoms with Crippen molar-refractivity contribution in [1.82, 2.24) is 9.78 Å². The number of amides is 1. The predicted molar refractivity (Wildman–Crippen MR) is 130 cm³/mol. The molecule has 0 spiro atoms. The number of benzene rings is 3. The van der Waals surface area contributed by atoms with Gasteiger partial charge in [0.05, 0.1) is 29.2 Å². The number of halogens is 6. The molecule has 4 rings (SSSR count). The van der Waals surface area contributed by atoms with Gasteiger partial charge in [0.15, 0.2) is 23.3 Å². The summed E-state index contributed by atoms with van der Waals surface area (Å²) in [6, 6.07) is 14.0. The van der Waals surface area contributed by atoms with Gasteiger partial charge < -0.3 is 10.1 Å². The molecule has 1 heterocycles. The van der Waals surface area contributed by atoms with Gasteiger partial charge >= 0.3 is 0 Å². The van der Waals surface area contributed by atoms with Gasteiger partial charge in [-0.25, -0.2) is 22.0 Å². The van der Waals surface area contributed by atoms with Gasteiger partial charge in [-0.2, -0.15) is 5.10 Å². The van der Waals surface area contributed by atoms with Crippen LogP contribution in [0.25, 0.3) is 0 Å². The number of carbonyl (C=O) groups is 1. The van der Waals surface area contributed by atoms with Gasteiger partial charge in [-0.05, 0) is 55.8 Å². The van der Waals surface area contributed by atoms with Crippen LogP contribution < -0.4 is 10.1 Å². The molecule has 1 aromatic heterocycles. The van der Waals surface area contributed by atoms with Gasteiger partial charge in [0.2, 0.25) is 5.82 Å². The highest BCUT2D eigenvalue weighted by Crippen LogP contribution is 2.27. The minimum absolute atomic E-state index is 0.223. The molecule has 0 fully saturated rings. The zero-order chi connectivity index (χ0) is 26.9. The molecule has 0 aliphatic rings. The second-order valence-electron chi connectivity index (χ2n) is 8.15. The van der Waals surface area contributed by atoms with Gasteiger partial charge in [0.25, 0.3) is 5.91 Å². The van der Waals surface area contributed by atoms with E-state index < -0.39 is 47.1 Å². The van der Waals surface area contributed by atoms with Crippen LogP contribution in [0.4, 0.5) is 27.6 Å². The smallest absolute Gasteiger partial charge is 0.255 e. The third-order valence-electron chi connectivity index (χ3n) is 5.64. The lowest BCUT2D eigenvalue weighted by Gasteiger charge is -2.11. The third-order valence-corrected chi connectivity index (χ3v) is 6.17. The summed E-state index contributed by atoms with van der Waals surface area (Å²) in [6.45, 7) is 2.54. The number of nitrogens with one attached hydrogen (secondary N) is 1. The summed E-state index contributed by atoms with van der Waals surface area (Å²) in [6.07, 6.45) is 0. The molecule has 0 unspecified atom stereocenters. The van der Waals surface area contributed by atoms with Crippen molar-refractivity contribution < 1.29 is 31.5 Å². The Bertz CT molecular complexity index is 1460. The highest BCUT2D eigenvalue weighted by molar-refractivity contribution is 9.10. The Balaban J connectivity index is 1.51. The van der Waals surface area contributed by atoms with Crippen LogP contribution in [0.1, 0.15) is 32.9 Å². The largest absolute Gasteiger partial charge is 0.489 e. The molecule has 1 amide bonds. The van der Waals surface area contributed by atoms with E-state index in [0.29, 0.717) is 17.0 Å². The summed E-state index contributed by atoms with van der Waals surface area (Å²) in [5.41, 5.74) is 0.854. The summed E-state index contributed by atoms with van der Waals surface area (Å²) in [7, 11) is 0. The fraction of sp³-hybridized carbons (Fsp3) is 0.154. The molecule has 0 bridgehead atoms. The average molecular weight is 580 g/mol. The Kier molecular flexibility index (Phi) is 7.63. The van der Waals surface area contributed by atoms with Crippen molar-refractivity contribution in [2.45, 2.75) is 27.0 Å². The molecule has 0 saturated heterocycles. The molecule has 0 radical (unpaired) electrons. The number of rotatable bonds is 7. The molecule has 4 aromatic rings. The maximum Gasteiger partial charge on any atom is 0.255 e. The zero-order valence-corrected chi connectivity index (χ0v) is 21.1. The van der Waals surface area contributed by atoms with E-state index in [0.717, 1.165) is 14.7 Å². The van der Waals surface area contributed by atoms with Crippen molar-refractivity contribution in [1.29, 1.82) is 0 Å². The van der Waals surface area contributed by atoms with Crippen molar-refractivity contribution in [2.75, 3.05) is 5.32 Å². The van der Waals surface area contributed by atoms with Crippen LogP contribution in [0.15, 0.2) is 53.0 Å². The fourth-order valence-corrected chi connectivity index (χ4v) is 3.92. The second kappa shape index (κ2) is 10.7. The SMILES string of the molecule is Cc1nn(Cc2c(F)c(F)c(F)c(F)c2F)c(C)c1NC(=O)c1cccc(COc2ccc(Br)cc2)c1. The monoisotopic (exact) mass is 579 g/mol. The maximum absolute atomic E-state index is 14.1. The lowest BCUT2D eigenvalue weighted by Crippen LogP contribution is -2.15. The van der Waals surface area contributed by atoms with Gasteiger partial charge in [0, 0.05) is 10.0 Å². The molecule has 3 aromatic carbocycles. The first-order valence-corrected chi connectivity index (χ1v) is 11.7. The van der Waals surface area contributed by atoms with Crippen LogP contribution in [-0.2, 0) is 13.2 Å². The third kappa shape index (κ3) is 5.51. The summed E-state index contributed by atoms with van der Waals surface area (Å²) in [5.74, 6) is -9.99. The lowest BCUT2D eigenvalue weighted by molar-refractivity contribution is 0.102. The first-order chi connectivity index (χ1) is 17.6. The van der Waals surface area contributed by atoms with Gasteiger partial charge in [0.1, 0.15) is 12.4 Å². The Hall–Kier alpha value is -3.73. The van der Waals surface area contributed by atoms with E-state index in [4.69, 9.17) is 4.74 Å². The first-order valence-electron chi connectivity index (χ1n) is 10.9. The Labute approximate surface area is 217 Å². The van der Waals surface area contributed by atoms with Crippen LogP contribution >= 0.6 is 15.9 Å². The number of carbonyl (C=O) groups excluding carboxylic acids is 1. The molecule has 0 aliphatic heterocycles. The van der Waals surface area contributed by atoms with Crippen LogP contribution in [0.3, 0.4) is 0 Å². The number of ether oxygens (including phenoxy) is 1. The van der Waals surface area contributed by atoms with Crippen molar-refractivity contribution in [3.8, 4) is 5.75 Å². The van der Waals surface area contributed by atoms with E-state index >= 15 is 0 Å². The van der Waals surface area contributed by atoms with E-state index in [1.165, 1.54) is 6.92 Å². The van der Waals surface area contributed by atoms with E-state index in [9.17, 15) is 26.7 Å². The quantitative estimate of drug-likeness (QED) is 0.148. The number of aryl methyl sites for hydroxylation is 1. The zero-order valence-electron chi connectivity index (χ0n) is 19.5. The first kappa shape index (κ1) is 26.3. The molecule has 192 valence electrons. The van der Waals surface area contributed by atoms with Crippen LogP contribution in [0, 0.1) is 42.9 Å². The standard InChI is InChI=1S/C26H19BrF5N3O2/c1-13-25(14(2)35(34-13)11-19-20(28)22(30)24(32)23(31)21(19)29)33-26(36)16-5-3-4-15(10-16)12-37-18-8-6-17(27)7-9-18/h3-10H,11-12H2,1-2H3,(H,33,36). The Morgan fingerprint density at radius 3 is 2.22 bits per heavy atom. The van der Waals surface area contributed by atoms with Gasteiger partial charge in [-0.3, -0.25) is 9.48 Å². The maximum atomic E-state index is 14.1. The summed E-state index contributed by atoms with van der Waals surface area (Å²) in [4.78, 5) is 12.9. The second-order valence-corrected chi connectivity index (χ2v) is 9.06. The molecular formula is C26H19BrF5N3O2. The number of nitrogens with zero attached hydrogens (tertiary/aromatic N) is 2. The van der Waals surface area contributed by atoms with Crippen molar-refractivity contribution >= 4 is 27.5 Å². The predicted octanol–water partition coefficient (Wildman–Crippen LogP) is 6.84. The van der Waals surface area contributed by atoms with Crippen molar-refractivity contribution in [3.63, 3.8) is 0 Å². The molecule has 1 N–H and O–H groups in total. The summed E-state index contributed by atoms with van der Waals surface area (Å²) in [5, 5.41) is 6.81. The number of hydrogen-bond acceptors (Lipinski definition) is 3. The minimum atomic E-state index is -2.23. The Morgan fingerprint density at radius 2 is 1.57 bits per heavy atom. The average Bonchev–Trinajstić information content (AvgIpc) is 3.16. The highest BCUT2D eigenvalue weighted by atomic mass is 79.9. The fourth-order valence-electron chi connectivity index (χ4n) is 3.66. The normalized spacial score (nSPS) is 11.0. The highest BCUT2D eigenvalue weighted by Gasteiger charge is 2.27. The van der Waals surface area contributed by atoms with Crippen LogP contribution in [-0.4, -0.2) is 15.7 Å². The number of aromatic nitrogens is 2. The lowest BCUT2D eigenvalue weighted by atomic mass is 10.1. The molecule has 0 atom stereocenters. The Morgan fingerprint density at radius 1 is 0.946 bits per heavy atom. The minimum Gasteiger partial charge on any atom is -0.489 e. The van der Waals surface area contributed by atoms with E-state index in [1.54, 1.807) is 43.3 Å². The molecule has 5 nitrogen and oxygen atoms in total. The van der Waals surface area contributed by atoms with Crippen LogP contribution in [0.5, 0.6) is 5.75 Å². The summed E-state index contributed by atoms with van der Waals surface area (Å²) < 4.78 is 76.5. The number of hydrogen-bond donors (Lipinski definition) is 1. The molecule has 11 heteroatoms. The molecule has 37 heavy (non-hydrogen) atoms. The molecular weight excluding hydrogens is 561 g/mol. The molecule has 0 saturated carbocycles. The van der Waals surface area contributed by atoms with Gasteiger partial charge in [-0.1, -0.05) is 28.1 Å². The van der Waals surface area contributed by atoms with Gasteiger partial charge in [-0.15, -0.1) is 0 Å². The van der Waals surface area contributed by atoms with Crippen molar-refractivity contribution in [2.24, 2.45) is 0 Å². The number of anilines is 1. The van der Waals surface area contributed by atoms with Crippen LogP contribution in [0.2, 0.25) is 0 Å². The van der Waals surface area contributed by atoms with E-state index in [-0.39, 0.29) is 18.0 Å². The van der Waals surface area contributed by atoms with E-state index in [1.807, 2.05) is 12.1 Å². The summed E-state index contributed by atoms with van der Waals surface area (Å²) >= 11 is 3.35. The molecule has 0 aliphatic carbocycles. The van der Waals surface area contributed by atoms with E-state index in [2.05, 4.69) is 26.3 Å².